The van der Waals surface area contributed by atoms with Gasteiger partial charge in [0.1, 0.15) is 5.82 Å². The minimum absolute atomic E-state index is 0.0183. The normalized spacial score (nSPS) is 14.6. The number of nitrogens with zero attached hydrogens (tertiary/aromatic N) is 3. The molecule has 4 rings (SSSR count). The number of hydrogen-bond acceptors (Lipinski definition) is 7. The third kappa shape index (κ3) is 6.57. The molecule has 0 unspecified atom stereocenters. The summed E-state index contributed by atoms with van der Waals surface area (Å²) in [7, 11) is 3.24. The molecule has 3 aromatic rings. The van der Waals surface area contributed by atoms with Crippen molar-refractivity contribution in [1.29, 1.82) is 0 Å². The lowest BCUT2D eigenvalue weighted by molar-refractivity contribution is -0.126. The Morgan fingerprint density at radius 2 is 1.86 bits per heavy atom. The van der Waals surface area contributed by atoms with Gasteiger partial charge in [-0.05, 0) is 80.7 Å². The fourth-order valence-corrected chi connectivity index (χ4v) is 4.26. The standard InChI is InChI=1S/C26H31FN4O4/c1-33-22-10-5-18(16-23(22)34-2)4-3-13-28-26(32)20-11-14-31(15-12-20)17-24-29-25(30-35-24)19-6-8-21(27)9-7-19/h5-10,16,20H,3-4,11-15,17H2,1-2H3,(H,28,32). The number of amides is 1. The van der Waals surface area contributed by atoms with Crippen LogP contribution in [-0.2, 0) is 17.8 Å². The highest BCUT2D eigenvalue weighted by molar-refractivity contribution is 5.78. The Kier molecular flexibility index (Phi) is 8.31. The van der Waals surface area contributed by atoms with Gasteiger partial charge in [-0.2, -0.15) is 4.98 Å². The largest absolute Gasteiger partial charge is 0.493 e. The van der Waals surface area contributed by atoms with Crippen molar-refractivity contribution in [3.8, 4) is 22.9 Å². The van der Waals surface area contributed by atoms with E-state index in [4.69, 9.17) is 14.0 Å². The Morgan fingerprint density at radius 3 is 2.57 bits per heavy atom. The number of rotatable bonds is 10. The number of methoxy groups -OCH3 is 2. The highest BCUT2D eigenvalue weighted by atomic mass is 19.1. The first kappa shape index (κ1) is 24.7. The van der Waals surface area contributed by atoms with E-state index in [-0.39, 0.29) is 17.6 Å². The van der Waals surface area contributed by atoms with Crippen LogP contribution in [0.15, 0.2) is 47.0 Å². The van der Waals surface area contributed by atoms with E-state index >= 15 is 0 Å². The molecular formula is C26H31FN4O4. The van der Waals surface area contributed by atoms with E-state index in [2.05, 4.69) is 20.4 Å². The van der Waals surface area contributed by atoms with Gasteiger partial charge in [-0.1, -0.05) is 11.2 Å². The molecule has 0 spiro atoms. The van der Waals surface area contributed by atoms with Crippen molar-refractivity contribution in [3.63, 3.8) is 0 Å². The summed E-state index contributed by atoms with van der Waals surface area (Å²) in [5, 5.41) is 7.08. The minimum atomic E-state index is -0.303. The number of benzene rings is 2. The molecule has 1 aliphatic heterocycles. The number of carbonyl (C=O) groups is 1. The first-order chi connectivity index (χ1) is 17.1. The van der Waals surface area contributed by atoms with Gasteiger partial charge in [0.25, 0.3) is 0 Å². The monoisotopic (exact) mass is 482 g/mol. The van der Waals surface area contributed by atoms with Crippen molar-refractivity contribution in [2.45, 2.75) is 32.2 Å². The van der Waals surface area contributed by atoms with Gasteiger partial charge in [0.15, 0.2) is 11.5 Å². The van der Waals surface area contributed by atoms with E-state index in [1.54, 1.807) is 26.4 Å². The number of halogens is 1. The summed E-state index contributed by atoms with van der Waals surface area (Å²) in [5.41, 5.74) is 1.86. The maximum Gasteiger partial charge on any atom is 0.241 e. The van der Waals surface area contributed by atoms with Crippen LogP contribution in [0.25, 0.3) is 11.4 Å². The van der Waals surface area contributed by atoms with Gasteiger partial charge in [0.05, 0.1) is 20.8 Å². The van der Waals surface area contributed by atoms with Crippen molar-refractivity contribution in [2.75, 3.05) is 33.9 Å². The van der Waals surface area contributed by atoms with Gasteiger partial charge >= 0.3 is 0 Å². The first-order valence-electron chi connectivity index (χ1n) is 11.8. The summed E-state index contributed by atoms with van der Waals surface area (Å²) < 4.78 is 29.1. The molecule has 2 aromatic carbocycles. The minimum Gasteiger partial charge on any atom is -0.493 e. The van der Waals surface area contributed by atoms with Gasteiger partial charge in [-0.3, -0.25) is 9.69 Å². The summed E-state index contributed by atoms with van der Waals surface area (Å²) in [6.07, 6.45) is 3.29. The zero-order valence-electron chi connectivity index (χ0n) is 20.1. The molecule has 2 heterocycles. The number of aromatic nitrogens is 2. The van der Waals surface area contributed by atoms with Gasteiger partial charge in [-0.25, -0.2) is 4.39 Å². The van der Waals surface area contributed by atoms with Crippen LogP contribution in [0.5, 0.6) is 11.5 Å². The highest BCUT2D eigenvalue weighted by Gasteiger charge is 2.25. The molecule has 0 atom stereocenters. The summed E-state index contributed by atoms with van der Waals surface area (Å²) in [5.74, 6) is 2.22. The molecule has 9 heteroatoms. The maximum atomic E-state index is 13.1. The van der Waals surface area contributed by atoms with Crippen molar-refractivity contribution in [2.24, 2.45) is 5.92 Å². The number of ether oxygens (including phenoxy) is 2. The highest BCUT2D eigenvalue weighted by Crippen LogP contribution is 2.28. The molecule has 1 amide bonds. The van der Waals surface area contributed by atoms with Crippen molar-refractivity contribution in [1.82, 2.24) is 20.4 Å². The number of aryl methyl sites for hydroxylation is 1. The second kappa shape index (κ2) is 11.8. The summed E-state index contributed by atoms with van der Waals surface area (Å²) in [6, 6.07) is 11.9. The summed E-state index contributed by atoms with van der Waals surface area (Å²) in [6.45, 7) is 2.76. The number of hydrogen-bond donors (Lipinski definition) is 1. The predicted octanol–water partition coefficient (Wildman–Crippen LogP) is 3.85. The van der Waals surface area contributed by atoms with Crippen LogP contribution in [0.3, 0.4) is 0 Å². The third-order valence-electron chi connectivity index (χ3n) is 6.28. The molecule has 35 heavy (non-hydrogen) atoms. The van der Waals surface area contributed by atoms with Crippen LogP contribution in [0.1, 0.15) is 30.7 Å². The van der Waals surface area contributed by atoms with Crippen molar-refractivity contribution in [3.05, 3.63) is 59.7 Å². The van der Waals surface area contributed by atoms with Crippen molar-refractivity contribution < 1.29 is 23.2 Å². The molecular weight excluding hydrogens is 451 g/mol. The van der Waals surface area contributed by atoms with Crippen LogP contribution in [0.4, 0.5) is 4.39 Å². The van der Waals surface area contributed by atoms with Crippen LogP contribution in [-0.4, -0.2) is 54.8 Å². The van der Waals surface area contributed by atoms with E-state index in [1.807, 2.05) is 18.2 Å². The molecule has 0 aliphatic carbocycles. The molecule has 186 valence electrons. The Labute approximate surface area is 204 Å². The lowest BCUT2D eigenvalue weighted by Gasteiger charge is -2.30. The molecule has 1 N–H and O–H groups in total. The summed E-state index contributed by atoms with van der Waals surface area (Å²) in [4.78, 5) is 19.2. The van der Waals surface area contributed by atoms with Crippen LogP contribution in [0.2, 0.25) is 0 Å². The number of likely N-dealkylation sites (tertiary alicyclic amines) is 1. The topological polar surface area (TPSA) is 89.7 Å². The van der Waals surface area contributed by atoms with E-state index in [0.29, 0.717) is 41.9 Å². The lowest BCUT2D eigenvalue weighted by Crippen LogP contribution is -2.40. The predicted molar refractivity (Wildman–Crippen MR) is 129 cm³/mol. The molecule has 1 fully saturated rings. The van der Waals surface area contributed by atoms with E-state index in [0.717, 1.165) is 44.3 Å². The summed E-state index contributed by atoms with van der Waals surface area (Å²) >= 11 is 0. The fourth-order valence-electron chi connectivity index (χ4n) is 4.26. The van der Waals surface area contributed by atoms with Crippen molar-refractivity contribution >= 4 is 5.91 Å². The SMILES string of the molecule is COc1ccc(CCCNC(=O)C2CCN(Cc3nc(-c4ccc(F)cc4)no3)CC2)cc1OC. The van der Waals surface area contributed by atoms with E-state index in [9.17, 15) is 9.18 Å². The first-order valence-corrected chi connectivity index (χ1v) is 11.8. The molecule has 0 saturated carbocycles. The average Bonchev–Trinajstić information content (AvgIpc) is 3.35. The van der Waals surface area contributed by atoms with E-state index < -0.39 is 0 Å². The third-order valence-corrected chi connectivity index (χ3v) is 6.28. The average molecular weight is 483 g/mol. The molecule has 1 saturated heterocycles. The molecule has 1 aromatic heterocycles. The molecule has 8 nitrogen and oxygen atoms in total. The quantitative estimate of drug-likeness (QED) is 0.439. The zero-order chi connectivity index (χ0) is 24.6. The van der Waals surface area contributed by atoms with Crippen LogP contribution < -0.4 is 14.8 Å². The number of carbonyl (C=O) groups excluding carboxylic acids is 1. The fraction of sp³-hybridized carbons (Fsp3) is 0.423. The van der Waals surface area contributed by atoms with Crippen LogP contribution >= 0.6 is 0 Å². The molecule has 0 bridgehead atoms. The van der Waals surface area contributed by atoms with Crippen LogP contribution in [0, 0.1) is 11.7 Å². The van der Waals surface area contributed by atoms with Gasteiger partial charge < -0.3 is 19.3 Å². The Morgan fingerprint density at radius 1 is 1.11 bits per heavy atom. The number of piperidine rings is 1. The Balaban J connectivity index is 1.16. The second-order valence-corrected chi connectivity index (χ2v) is 8.65. The van der Waals surface area contributed by atoms with Gasteiger partial charge in [0, 0.05) is 18.0 Å². The Bertz CT molecular complexity index is 1110. The second-order valence-electron chi connectivity index (χ2n) is 8.65. The smallest absolute Gasteiger partial charge is 0.241 e. The van der Waals surface area contributed by atoms with Gasteiger partial charge in [-0.15, -0.1) is 0 Å². The maximum absolute atomic E-state index is 13.1. The molecule has 1 aliphatic rings. The van der Waals surface area contributed by atoms with E-state index in [1.165, 1.54) is 12.1 Å². The van der Waals surface area contributed by atoms with Gasteiger partial charge in [0.2, 0.25) is 17.6 Å². The zero-order valence-corrected chi connectivity index (χ0v) is 20.1. The lowest BCUT2D eigenvalue weighted by atomic mass is 9.96. The Hall–Kier alpha value is -3.46. The molecule has 0 radical (unpaired) electrons. The number of nitrogens with one attached hydrogen (secondary N) is 1.